The fourth-order valence-corrected chi connectivity index (χ4v) is 2.61. The van der Waals surface area contributed by atoms with Gasteiger partial charge >= 0.3 is 0 Å². The number of nitrogens with two attached hydrogens (primary N) is 1. The Morgan fingerprint density at radius 1 is 1.50 bits per heavy atom. The van der Waals surface area contributed by atoms with E-state index in [9.17, 15) is 8.42 Å². The van der Waals surface area contributed by atoms with E-state index in [2.05, 4.69) is 0 Å². The number of rotatable bonds is 2. The van der Waals surface area contributed by atoms with Crippen LogP contribution in [0.15, 0.2) is 0 Å². The first kappa shape index (κ1) is 8.01. The first-order chi connectivity index (χ1) is 4.52. The Labute approximate surface area is 61.5 Å². The lowest BCUT2D eigenvalue weighted by atomic mass is 9.93. The van der Waals surface area contributed by atoms with Gasteiger partial charge in [0.15, 0.2) is 9.84 Å². The van der Waals surface area contributed by atoms with Crippen LogP contribution in [0, 0.1) is 0 Å². The SMILES string of the molecule is CCS(=O)(=O)C1(N)CCC1. The van der Waals surface area contributed by atoms with E-state index in [0.717, 1.165) is 6.42 Å². The highest BCUT2D eigenvalue weighted by Crippen LogP contribution is 2.34. The monoisotopic (exact) mass is 163 g/mol. The van der Waals surface area contributed by atoms with Crippen molar-refractivity contribution in [3.63, 3.8) is 0 Å². The fraction of sp³-hybridized carbons (Fsp3) is 1.00. The van der Waals surface area contributed by atoms with Crippen molar-refractivity contribution in [1.82, 2.24) is 0 Å². The molecule has 1 rings (SSSR count). The highest BCUT2D eigenvalue weighted by molar-refractivity contribution is 7.92. The van der Waals surface area contributed by atoms with Crippen LogP contribution in [0.25, 0.3) is 0 Å². The molecule has 0 unspecified atom stereocenters. The third-order valence-electron chi connectivity index (χ3n) is 2.20. The highest BCUT2D eigenvalue weighted by atomic mass is 32.2. The topological polar surface area (TPSA) is 60.2 Å². The number of hydrogen-bond acceptors (Lipinski definition) is 3. The molecule has 0 spiro atoms. The first-order valence-corrected chi connectivity index (χ1v) is 5.18. The third kappa shape index (κ3) is 0.953. The van der Waals surface area contributed by atoms with Crippen molar-refractivity contribution in [2.45, 2.75) is 31.1 Å². The molecule has 0 aromatic heterocycles. The highest BCUT2D eigenvalue weighted by Gasteiger charge is 2.43. The molecule has 1 aliphatic carbocycles. The van der Waals surface area contributed by atoms with E-state index in [-0.39, 0.29) is 5.75 Å². The molecule has 0 atom stereocenters. The summed E-state index contributed by atoms with van der Waals surface area (Å²) < 4.78 is 22.4. The zero-order valence-corrected chi connectivity index (χ0v) is 6.95. The van der Waals surface area contributed by atoms with Gasteiger partial charge in [0.2, 0.25) is 0 Å². The molecule has 3 nitrogen and oxygen atoms in total. The lowest BCUT2D eigenvalue weighted by molar-refractivity contribution is 0.347. The summed E-state index contributed by atoms with van der Waals surface area (Å²) in [5, 5.41) is 0. The Balaban J connectivity index is 2.82. The summed E-state index contributed by atoms with van der Waals surface area (Å²) in [5.74, 6) is 0.170. The Bertz CT molecular complexity index is 216. The predicted octanol–water partition coefficient (Wildman–Crippen LogP) is 0.260. The maximum Gasteiger partial charge on any atom is 0.168 e. The Kier molecular flexibility index (Phi) is 1.76. The molecule has 0 amide bonds. The molecule has 1 saturated carbocycles. The maximum absolute atomic E-state index is 11.2. The second-order valence-corrected chi connectivity index (χ2v) is 5.44. The zero-order chi connectivity index (χ0) is 7.83. The number of hydrogen-bond donors (Lipinski definition) is 1. The molecule has 4 heteroatoms. The van der Waals surface area contributed by atoms with E-state index >= 15 is 0 Å². The smallest absolute Gasteiger partial charge is 0.168 e. The molecule has 0 aromatic carbocycles. The minimum atomic E-state index is -2.98. The summed E-state index contributed by atoms with van der Waals surface area (Å²) in [4.78, 5) is -0.859. The lowest BCUT2D eigenvalue weighted by Crippen LogP contribution is -2.53. The summed E-state index contributed by atoms with van der Waals surface area (Å²) in [6.45, 7) is 1.64. The van der Waals surface area contributed by atoms with Crippen molar-refractivity contribution in [3.05, 3.63) is 0 Å². The van der Waals surface area contributed by atoms with Crippen molar-refractivity contribution < 1.29 is 8.42 Å². The van der Waals surface area contributed by atoms with Crippen molar-refractivity contribution in [2.24, 2.45) is 5.73 Å². The van der Waals surface area contributed by atoms with E-state index in [1.165, 1.54) is 0 Å². The van der Waals surface area contributed by atoms with E-state index < -0.39 is 14.7 Å². The summed E-state index contributed by atoms with van der Waals surface area (Å²) in [6.07, 6.45) is 2.24. The molecule has 0 saturated heterocycles. The second-order valence-electron chi connectivity index (χ2n) is 2.82. The van der Waals surface area contributed by atoms with Crippen LogP contribution in [0.2, 0.25) is 0 Å². The van der Waals surface area contributed by atoms with Gasteiger partial charge < -0.3 is 5.73 Å². The number of sulfone groups is 1. The van der Waals surface area contributed by atoms with Crippen LogP contribution in [-0.4, -0.2) is 19.0 Å². The molecular formula is C6H13NO2S. The molecule has 0 bridgehead atoms. The zero-order valence-electron chi connectivity index (χ0n) is 6.13. The lowest BCUT2D eigenvalue weighted by Gasteiger charge is -2.36. The molecule has 10 heavy (non-hydrogen) atoms. The van der Waals surface area contributed by atoms with Gasteiger partial charge in [-0.2, -0.15) is 0 Å². The first-order valence-electron chi connectivity index (χ1n) is 3.53. The predicted molar refractivity (Wildman–Crippen MR) is 40.2 cm³/mol. The van der Waals surface area contributed by atoms with Crippen molar-refractivity contribution in [2.75, 3.05) is 5.75 Å². The van der Waals surface area contributed by atoms with Gasteiger partial charge in [0, 0.05) is 5.75 Å². The van der Waals surface area contributed by atoms with Crippen LogP contribution in [-0.2, 0) is 9.84 Å². The van der Waals surface area contributed by atoms with Gasteiger partial charge in [-0.3, -0.25) is 0 Å². The van der Waals surface area contributed by atoms with Crippen LogP contribution in [0.3, 0.4) is 0 Å². The summed E-state index contributed by atoms with van der Waals surface area (Å²) in [5.41, 5.74) is 5.60. The summed E-state index contributed by atoms with van der Waals surface area (Å²) in [7, 11) is -2.98. The largest absolute Gasteiger partial charge is 0.313 e. The van der Waals surface area contributed by atoms with Crippen LogP contribution in [0.5, 0.6) is 0 Å². The van der Waals surface area contributed by atoms with E-state index in [1.807, 2.05) is 0 Å². The molecule has 0 heterocycles. The van der Waals surface area contributed by atoms with Crippen molar-refractivity contribution in [3.8, 4) is 0 Å². The van der Waals surface area contributed by atoms with E-state index in [4.69, 9.17) is 5.73 Å². The molecule has 1 aliphatic rings. The van der Waals surface area contributed by atoms with Crippen LogP contribution in [0.4, 0.5) is 0 Å². The van der Waals surface area contributed by atoms with Gasteiger partial charge in [0.25, 0.3) is 0 Å². The summed E-state index contributed by atoms with van der Waals surface area (Å²) >= 11 is 0. The van der Waals surface area contributed by atoms with Gasteiger partial charge in [-0.15, -0.1) is 0 Å². The van der Waals surface area contributed by atoms with Crippen molar-refractivity contribution >= 4 is 9.84 Å². The van der Waals surface area contributed by atoms with Gasteiger partial charge in [0.05, 0.1) is 0 Å². The third-order valence-corrected chi connectivity index (χ3v) is 4.61. The molecule has 60 valence electrons. The van der Waals surface area contributed by atoms with Gasteiger partial charge in [-0.1, -0.05) is 6.92 Å². The molecule has 0 radical (unpaired) electrons. The van der Waals surface area contributed by atoms with Crippen LogP contribution < -0.4 is 5.73 Å². The summed E-state index contributed by atoms with van der Waals surface area (Å²) in [6, 6.07) is 0. The average Bonchev–Trinajstić information content (AvgIpc) is 1.82. The Morgan fingerprint density at radius 3 is 2.10 bits per heavy atom. The van der Waals surface area contributed by atoms with Gasteiger partial charge in [-0.05, 0) is 19.3 Å². The molecule has 2 N–H and O–H groups in total. The minimum Gasteiger partial charge on any atom is -0.313 e. The van der Waals surface area contributed by atoms with Crippen molar-refractivity contribution in [1.29, 1.82) is 0 Å². The quantitative estimate of drug-likeness (QED) is 0.635. The Hall–Kier alpha value is -0.0900. The van der Waals surface area contributed by atoms with Gasteiger partial charge in [-0.25, -0.2) is 8.42 Å². The maximum atomic E-state index is 11.2. The Morgan fingerprint density at radius 2 is 2.00 bits per heavy atom. The second kappa shape index (κ2) is 2.20. The van der Waals surface area contributed by atoms with Gasteiger partial charge in [0.1, 0.15) is 4.87 Å². The normalized spacial score (nSPS) is 23.8. The molecule has 0 aliphatic heterocycles. The molecular weight excluding hydrogens is 150 g/mol. The minimum absolute atomic E-state index is 0.170. The van der Waals surface area contributed by atoms with E-state index in [0.29, 0.717) is 12.8 Å². The average molecular weight is 163 g/mol. The van der Waals surface area contributed by atoms with E-state index in [1.54, 1.807) is 6.92 Å². The molecule has 0 aromatic rings. The standard InChI is InChI=1S/C6H13NO2S/c1-2-10(8,9)6(7)4-3-5-6/h2-5,7H2,1H3. The van der Waals surface area contributed by atoms with Crippen LogP contribution >= 0.6 is 0 Å². The molecule has 1 fully saturated rings. The fourth-order valence-electron chi connectivity index (χ4n) is 1.12. The van der Waals surface area contributed by atoms with Crippen LogP contribution in [0.1, 0.15) is 26.2 Å².